The first-order valence-corrected chi connectivity index (χ1v) is 31.1. The van der Waals surface area contributed by atoms with Gasteiger partial charge in [-0.25, -0.2) is 29.9 Å². The number of carbonyl (C=O) groups excluding carboxylic acids is 1. The van der Waals surface area contributed by atoms with Gasteiger partial charge in [-0.2, -0.15) is 0 Å². The fourth-order valence-electron chi connectivity index (χ4n) is 5.16. The molecule has 0 unspecified atom stereocenters. The second kappa shape index (κ2) is 34.2. The number of nitrogens with one attached hydrogen (secondary N) is 1. The maximum absolute atomic E-state index is 9.04. The number of fused-ring (bicyclic) bond motifs is 4. The first kappa shape index (κ1) is 64.6. The fraction of sp³-hybridized carbons (Fsp3) is 0.163. The van der Waals surface area contributed by atoms with E-state index >= 15 is 0 Å². The molecule has 0 spiro atoms. The molecule has 0 aliphatic rings. The third-order valence-electron chi connectivity index (χ3n) is 8.43. The second-order valence-electron chi connectivity index (χ2n) is 16.4. The number of nitrogens with two attached hydrogens (primary N) is 5. The summed E-state index contributed by atoms with van der Waals surface area (Å²) in [6, 6.07) is 9.80. The van der Waals surface area contributed by atoms with Crippen LogP contribution in [0.2, 0.25) is 39.3 Å². The van der Waals surface area contributed by atoms with E-state index in [1.54, 1.807) is 78.8 Å². The van der Waals surface area contributed by atoms with Gasteiger partial charge in [0.25, 0.3) is 0 Å². The van der Waals surface area contributed by atoms with Crippen LogP contribution < -0.4 is 34.0 Å². The number of halogens is 2. The SMILES string of the molecule is C#C[Si](C)(C)C.C#Cc1c(N)nc2cnccn12.CN.C[Si](C)(C)C#Cc1c(N)nc2cnccn12.Nc1cnccn1.Nc1nc2c(Nc3ccccc3)nccn2c1Br.O=CCCl.[B]=NS.c1cn2ccnc2cn1. The monoisotopic (exact) mass is 1170 g/mol. The van der Waals surface area contributed by atoms with E-state index in [-0.39, 0.29) is 5.88 Å². The molecule has 10 rings (SSSR count). The van der Waals surface area contributed by atoms with Gasteiger partial charge in [-0.3, -0.25) is 33.1 Å². The number of para-hydroxylation sites is 1. The third kappa shape index (κ3) is 22.9. The Morgan fingerprint density at radius 3 is 1.68 bits per heavy atom. The molecule has 10 aromatic rings. The number of nitrogens with zero attached hydrogens (tertiary/aromatic N) is 15. The number of alkyl halides is 1. The van der Waals surface area contributed by atoms with Crippen molar-refractivity contribution in [2.75, 3.05) is 41.2 Å². The Morgan fingerprint density at radius 2 is 1.19 bits per heavy atom. The number of nitrogen functional groups attached to an aromatic ring is 4. The molecular formula is C49H59BBrClN21OSSi2. The van der Waals surface area contributed by atoms with Gasteiger partial charge < -0.3 is 43.2 Å². The number of rotatable bonds is 3. The van der Waals surface area contributed by atoms with Crippen LogP contribution in [0.3, 0.4) is 0 Å². The smallest absolute Gasteiger partial charge is 0.155 e. The molecule has 0 saturated heterocycles. The molecule has 77 heavy (non-hydrogen) atoms. The second-order valence-corrected chi connectivity index (χ2v) is 27.3. The largest absolute Gasteiger partial charge is 0.304 e. The number of hydrogen-bond acceptors (Lipinski definition) is 19. The molecule has 28 heteroatoms. The van der Waals surface area contributed by atoms with Crippen molar-refractivity contribution in [2.24, 2.45) is 10.0 Å². The molecule has 0 fully saturated rings. The summed E-state index contributed by atoms with van der Waals surface area (Å²) < 4.78 is 10.8. The molecule has 0 aliphatic carbocycles. The summed E-state index contributed by atoms with van der Waals surface area (Å²) in [5.74, 6) is 8.12. The summed E-state index contributed by atoms with van der Waals surface area (Å²) in [5.41, 5.74) is 38.2. The van der Waals surface area contributed by atoms with E-state index in [4.69, 9.17) is 52.2 Å². The van der Waals surface area contributed by atoms with Crippen LogP contribution in [-0.4, -0.2) is 110 Å². The zero-order valence-electron chi connectivity index (χ0n) is 43.3. The molecule has 0 saturated carbocycles. The average Bonchev–Trinajstić information content (AvgIpc) is 4.20. The van der Waals surface area contributed by atoms with Crippen LogP contribution in [-0.2, 0) is 4.79 Å². The summed E-state index contributed by atoms with van der Waals surface area (Å²) in [6.07, 6.45) is 38.3. The van der Waals surface area contributed by atoms with Gasteiger partial charge in [-0.05, 0) is 41.0 Å². The Balaban J connectivity index is 0.000000316. The predicted molar refractivity (Wildman–Crippen MR) is 323 cm³/mol. The molecule has 1 aromatic carbocycles. The molecule has 0 bridgehead atoms. The van der Waals surface area contributed by atoms with Crippen molar-refractivity contribution in [3.8, 4) is 35.8 Å². The Labute approximate surface area is 469 Å². The Bertz CT molecular complexity index is 3480. The summed E-state index contributed by atoms with van der Waals surface area (Å²) in [5, 5.41) is 3.22. The number of terminal acetylenes is 2. The predicted octanol–water partition coefficient (Wildman–Crippen LogP) is 7.12. The Morgan fingerprint density at radius 1 is 0.701 bits per heavy atom. The fourth-order valence-corrected chi connectivity index (χ4v) is 6.03. The number of aldehydes is 1. The van der Waals surface area contributed by atoms with Gasteiger partial charge in [-0.1, -0.05) is 63.4 Å². The molecule has 22 nitrogen and oxygen atoms in total. The minimum absolute atomic E-state index is 0.111. The van der Waals surface area contributed by atoms with Crippen LogP contribution in [0.25, 0.3) is 22.6 Å². The van der Waals surface area contributed by atoms with Crippen LogP contribution in [0.15, 0.2) is 138 Å². The quantitative estimate of drug-likeness (QED) is 0.0304. The minimum atomic E-state index is -1.40. The number of aromatic nitrogens is 14. The van der Waals surface area contributed by atoms with Crippen molar-refractivity contribution in [2.45, 2.75) is 39.3 Å². The standard InChI is InChI=1S/C12H10BrN5.C11H14N4Si.C8H6N4.C6H5N3.C5H10Si.C4H5N3.C2H3ClO.CH5N.BHNS/c13-9-10(14)17-12-11(15-6-7-18(9)12)16-8-4-2-1-3-5-8;1-16(2,3)7-4-9-11(12)14-10-8-13-5-6-15(9)10;1-2-6-8(9)11-7-5-10-3-4-12(6)7;1-3-9-4-2-8-6(9)5-7-1;1-5-6(2,3)4;5-4-3-6-1-2-7-4;3-1-2-4;1-2;1-2-3/h1-7H,14H2,(H,15,16);5-6,8H,12H2,1-3H3;1,3-5H,9H2;1-5H;1H,2-4H3;1-3H,(H2,5,7);2H,1H2;2H2,1H3;3H. The molecule has 9 heterocycles. The number of benzene rings is 1. The van der Waals surface area contributed by atoms with Gasteiger partial charge in [-0.15, -0.1) is 35.5 Å². The topological polar surface area (TPSA) is 318 Å². The van der Waals surface area contributed by atoms with Crippen molar-refractivity contribution in [3.63, 3.8) is 0 Å². The van der Waals surface area contributed by atoms with Gasteiger partial charge in [0, 0.05) is 80.0 Å². The number of thiol groups is 1. The number of carbonyl (C=O) groups is 1. The summed E-state index contributed by atoms with van der Waals surface area (Å²) in [4.78, 5) is 49.0. The average molecular weight is 1170 g/mol. The van der Waals surface area contributed by atoms with Crippen LogP contribution >= 0.6 is 40.3 Å². The van der Waals surface area contributed by atoms with Gasteiger partial charge >= 0.3 is 24.8 Å². The van der Waals surface area contributed by atoms with Crippen molar-refractivity contribution in [3.05, 3.63) is 145 Å². The molecular weight excluding hydrogens is 1110 g/mol. The van der Waals surface area contributed by atoms with Crippen LogP contribution in [0.5, 0.6) is 0 Å². The molecule has 397 valence electrons. The van der Waals surface area contributed by atoms with Gasteiger partial charge in [0.1, 0.15) is 44.2 Å². The van der Waals surface area contributed by atoms with Crippen molar-refractivity contribution < 1.29 is 4.79 Å². The van der Waals surface area contributed by atoms with Gasteiger partial charge in [0.2, 0.25) is 0 Å². The van der Waals surface area contributed by atoms with E-state index in [0.717, 1.165) is 27.3 Å². The van der Waals surface area contributed by atoms with E-state index in [2.05, 4.69) is 164 Å². The molecule has 0 atom stereocenters. The maximum atomic E-state index is 9.04. The summed E-state index contributed by atoms with van der Waals surface area (Å²) in [6.45, 7) is 13.0. The number of anilines is 6. The van der Waals surface area contributed by atoms with Crippen molar-refractivity contribution in [1.82, 2.24) is 67.4 Å². The zero-order chi connectivity index (χ0) is 57.4. The molecule has 1 radical (unpaired) electrons. The molecule has 0 aliphatic heterocycles. The van der Waals surface area contributed by atoms with Crippen LogP contribution in [0.4, 0.5) is 34.8 Å². The first-order valence-electron chi connectivity index (χ1n) is 22.4. The Hall–Kier alpha value is -8.49. The number of imidazole rings is 4. The van der Waals surface area contributed by atoms with Crippen molar-refractivity contribution >= 4 is 128 Å². The third-order valence-corrected chi connectivity index (χ3v) is 11.1. The zero-order valence-corrected chi connectivity index (χ0v) is 48.6. The normalized spacial score (nSPS) is 9.71. The van der Waals surface area contributed by atoms with E-state index in [0.29, 0.717) is 52.4 Å². The Kier molecular flexibility index (Phi) is 28.7. The van der Waals surface area contributed by atoms with E-state index in [1.165, 1.54) is 13.2 Å². The summed E-state index contributed by atoms with van der Waals surface area (Å²) in [7, 11) is 3.34. The van der Waals surface area contributed by atoms with E-state index < -0.39 is 16.1 Å². The van der Waals surface area contributed by atoms with E-state index in [9.17, 15) is 0 Å². The summed E-state index contributed by atoms with van der Waals surface area (Å²) >= 11 is 11.4. The van der Waals surface area contributed by atoms with Crippen LogP contribution in [0.1, 0.15) is 11.4 Å². The van der Waals surface area contributed by atoms with Crippen LogP contribution in [0, 0.1) is 35.8 Å². The van der Waals surface area contributed by atoms with E-state index in [1.807, 2.05) is 62.1 Å². The molecule has 11 N–H and O–H groups in total. The maximum Gasteiger partial charge on any atom is 0.155 e. The van der Waals surface area contributed by atoms with Crippen molar-refractivity contribution in [1.29, 1.82) is 0 Å². The van der Waals surface area contributed by atoms with Gasteiger partial charge in [0.15, 0.2) is 45.9 Å². The number of hydrogen-bond donors (Lipinski definition) is 7. The molecule has 0 amide bonds. The minimum Gasteiger partial charge on any atom is -0.304 e. The molecule has 9 aromatic heterocycles. The first-order chi connectivity index (χ1) is 36.8. The van der Waals surface area contributed by atoms with Gasteiger partial charge in [0.05, 0.1) is 30.7 Å².